The first kappa shape index (κ1) is 8.38. The average Bonchev–Trinajstić information content (AvgIpc) is 2.51. The van der Waals surface area contributed by atoms with Gasteiger partial charge in [-0.2, -0.15) is 11.8 Å². The van der Waals surface area contributed by atoms with E-state index in [1.54, 1.807) is 11.8 Å². The van der Waals surface area contributed by atoms with E-state index in [9.17, 15) is 4.79 Å². The summed E-state index contributed by atoms with van der Waals surface area (Å²) >= 11 is 1.58. The third-order valence-corrected chi connectivity index (χ3v) is 3.25. The molecule has 12 heavy (non-hydrogen) atoms. The van der Waals surface area contributed by atoms with E-state index in [4.69, 9.17) is 0 Å². The van der Waals surface area contributed by atoms with Gasteiger partial charge >= 0.3 is 0 Å². The summed E-state index contributed by atoms with van der Waals surface area (Å²) in [6, 6.07) is 0.492. The number of thioether (sulfide) groups is 1. The molecule has 2 N–H and O–H groups in total. The molecule has 2 aliphatic rings. The highest BCUT2D eigenvalue weighted by atomic mass is 32.2. The Morgan fingerprint density at radius 1 is 1.58 bits per heavy atom. The van der Waals surface area contributed by atoms with E-state index in [1.807, 2.05) is 6.26 Å². The van der Waals surface area contributed by atoms with E-state index in [0.29, 0.717) is 11.8 Å². The number of carbonyl (C=O) groups is 1. The molecule has 0 spiro atoms. The number of hydrogen-bond acceptors (Lipinski definition) is 3. The number of rotatable bonds is 3. The first-order valence-corrected chi connectivity index (χ1v) is 5.71. The van der Waals surface area contributed by atoms with E-state index in [-0.39, 0.29) is 5.91 Å². The van der Waals surface area contributed by atoms with Gasteiger partial charge in [0, 0.05) is 19.1 Å². The van der Waals surface area contributed by atoms with Crippen molar-refractivity contribution in [2.45, 2.75) is 6.04 Å². The third kappa shape index (κ3) is 1.45. The van der Waals surface area contributed by atoms with Gasteiger partial charge in [0.25, 0.3) is 0 Å². The molecule has 1 amide bonds. The van der Waals surface area contributed by atoms with Crippen molar-refractivity contribution in [3.8, 4) is 0 Å². The topological polar surface area (TPSA) is 41.1 Å². The van der Waals surface area contributed by atoms with Crippen LogP contribution in [0.4, 0.5) is 0 Å². The van der Waals surface area contributed by atoms with Gasteiger partial charge in [0.1, 0.15) is 0 Å². The van der Waals surface area contributed by atoms with Crippen molar-refractivity contribution in [3.63, 3.8) is 0 Å². The Labute approximate surface area is 76.7 Å². The molecule has 4 heteroatoms. The molecule has 1 aliphatic heterocycles. The van der Waals surface area contributed by atoms with Crippen molar-refractivity contribution in [1.82, 2.24) is 10.6 Å². The monoisotopic (exact) mass is 186 g/mol. The minimum Gasteiger partial charge on any atom is -0.352 e. The SMILES string of the molecule is CSCC(=O)NC1C2CNCC21. The van der Waals surface area contributed by atoms with Crippen LogP contribution < -0.4 is 10.6 Å². The van der Waals surface area contributed by atoms with Gasteiger partial charge < -0.3 is 10.6 Å². The zero-order chi connectivity index (χ0) is 8.55. The average molecular weight is 186 g/mol. The zero-order valence-electron chi connectivity index (χ0n) is 7.17. The zero-order valence-corrected chi connectivity index (χ0v) is 7.99. The summed E-state index contributed by atoms with van der Waals surface area (Å²) in [6.45, 7) is 2.18. The van der Waals surface area contributed by atoms with Gasteiger partial charge in [-0.1, -0.05) is 0 Å². The number of hydrogen-bond donors (Lipinski definition) is 2. The number of fused-ring (bicyclic) bond motifs is 1. The molecule has 0 radical (unpaired) electrons. The van der Waals surface area contributed by atoms with Crippen LogP contribution in [-0.2, 0) is 4.79 Å². The van der Waals surface area contributed by atoms with Gasteiger partial charge in [-0.15, -0.1) is 0 Å². The van der Waals surface area contributed by atoms with Crippen molar-refractivity contribution in [1.29, 1.82) is 0 Å². The van der Waals surface area contributed by atoms with Gasteiger partial charge in [0.05, 0.1) is 5.75 Å². The number of nitrogens with one attached hydrogen (secondary N) is 2. The quantitative estimate of drug-likeness (QED) is 0.635. The van der Waals surface area contributed by atoms with E-state index in [0.717, 1.165) is 24.9 Å². The lowest BCUT2D eigenvalue weighted by molar-refractivity contribution is -0.118. The highest BCUT2D eigenvalue weighted by Gasteiger charge is 2.53. The Hall–Kier alpha value is -0.220. The maximum Gasteiger partial charge on any atom is 0.230 e. The molecule has 0 bridgehead atoms. The molecule has 1 saturated heterocycles. The molecule has 2 rings (SSSR count). The summed E-state index contributed by atoms with van der Waals surface area (Å²) in [5, 5.41) is 6.36. The third-order valence-electron chi connectivity index (χ3n) is 2.69. The van der Waals surface area contributed by atoms with E-state index < -0.39 is 0 Å². The largest absolute Gasteiger partial charge is 0.352 e. The van der Waals surface area contributed by atoms with Crippen molar-refractivity contribution in [2.24, 2.45) is 11.8 Å². The molecule has 2 fully saturated rings. The van der Waals surface area contributed by atoms with Crippen molar-refractivity contribution in [2.75, 3.05) is 25.1 Å². The van der Waals surface area contributed by atoms with Crippen LogP contribution in [0.15, 0.2) is 0 Å². The lowest BCUT2D eigenvalue weighted by Crippen LogP contribution is -2.33. The molecule has 2 unspecified atom stereocenters. The summed E-state index contributed by atoms with van der Waals surface area (Å²) < 4.78 is 0. The number of amides is 1. The molecular formula is C8H14N2OS. The molecule has 0 aromatic carbocycles. The summed E-state index contributed by atoms with van der Waals surface area (Å²) in [5.74, 6) is 2.26. The number of piperidine rings is 1. The van der Waals surface area contributed by atoms with Crippen molar-refractivity contribution >= 4 is 17.7 Å². The molecule has 0 aromatic heterocycles. The van der Waals surface area contributed by atoms with E-state index in [2.05, 4.69) is 10.6 Å². The minimum absolute atomic E-state index is 0.196. The summed E-state index contributed by atoms with van der Waals surface area (Å²) in [7, 11) is 0. The predicted molar refractivity (Wildman–Crippen MR) is 50.2 cm³/mol. The fraction of sp³-hybridized carbons (Fsp3) is 0.875. The van der Waals surface area contributed by atoms with Gasteiger partial charge in [-0.05, 0) is 18.1 Å². The molecule has 1 aliphatic carbocycles. The van der Waals surface area contributed by atoms with Crippen LogP contribution in [0, 0.1) is 11.8 Å². The van der Waals surface area contributed by atoms with E-state index >= 15 is 0 Å². The van der Waals surface area contributed by atoms with Crippen LogP contribution in [0.2, 0.25) is 0 Å². The lowest BCUT2D eigenvalue weighted by Gasteiger charge is -2.06. The van der Waals surface area contributed by atoms with Crippen LogP contribution in [0.25, 0.3) is 0 Å². The van der Waals surface area contributed by atoms with Crippen LogP contribution in [0.5, 0.6) is 0 Å². The van der Waals surface area contributed by atoms with Crippen LogP contribution in [0.1, 0.15) is 0 Å². The Kier molecular flexibility index (Phi) is 2.28. The smallest absolute Gasteiger partial charge is 0.230 e. The highest BCUT2D eigenvalue weighted by molar-refractivity contribution is 7.99. The second-order valence-electron chi connectivity index (χ2n) is 3.51. The van der Waals surface area contributed by atoms with Crippen LogP contribution in [0.3, 0.4) is 0 Å². The molecule has 2 atom stereocenters. The normalized spacial score (nSPS) is 37.6. The van der Waals surface area contributed by atoms with Crippen molar-refractivity contribution < 1.29 is 4.79 Å². The standard InChI is InChI=1S/C8H14N2OS/c1-12-4-7(11)10-8-5-2-9-3-6(5)8/h5-6,8-9H,2-4H2,1H3,(H,10,11). The molecule has 1 saturated carbocycles. The minimum atomic E-state index is 0.196. The highest BCUT2D eigenvalue weighted by Crippen LogP contribution is 2.41. The summed E-state index contributed by atoms with van der Waals surface area (Å²) in [6.07, 6.45) is 1.95. The van der Waals surface area contributed by atoms with Gasteiger partial charge in [-0.3, -0.25) is 4.79 Å². The first-order valence-electron chi connectivity index (χ1n) is 4.32. The maximum absolute atomic E-state index is 11.2. The van der Waals surface area contributed by atoms with E-state index in [1.165, 1.54) is 0 Å². The molecule has 68 valence electrons. The Morgan fingerprint density at radius 3 is 2.83 bits per heavy atom. The molecule has 1 heterocycles. The van der Waals surface area contributed by atoms with Gasteiger partial charge in [0.2, 0.25) is 5.91 Å². The van der Waals surface area contributed by atoms with Crippen LogP contribution in [-0.4, -0.2) is 37.0 Å². The Morgan fingerprint density at radius 2 is 2.25 bits per heavy atom. The molecular weight excluding hydrogens is 172 g/mol. The Balaban J connectivity index is 1.72. The predicted octanol–water partition coefficient (Wildman–Crippen LogP) is -0.317. The fourth-order valence-electron chi connectivity index (χ4n) is 1.99. The molecule has 0 aromatic rings. The van der Waals surface area contributed by atoms with Crippen molar-refractivity contribution in [3.05, 3.63) is 0 Å². The summed E-state index contributed by atoms with van der Waals surface area (Å²) in [4.78, 5) is 11.2. The lowest BCUT2D eigenvalue weighted by atomic mass is 10.4. The second kappa shape index (κ2) is 3.26. The number of carbonyl (C=O) groups excluding carboxylic acids is 1. The second-order valence-corrected chi connectivity index (χ2v) is 4.38. The fourth-order valence-corrected chi connectivity index (χ4v) is 2.34. The van der Waals surface area contributed by atoms with Gasteiger partial charge in [-0.25, -0.2) is 0 Å². The molecule has 3 nitrogen and oxygen atoms in total. The summed E-state index contributed by atoms with van der Waals surface area (Å²) in [5.41, 5.74) is 0. The van der Waals surface area contributed by atoms with Gasteiger partial charge in [0.15, 0.2) is 0 Å². The maximum atomic E-state index is 11.2. The Bertz CT molecular complexity index is 187. The first-order chi connectivity index (χ1) is 5.83. The van der Waals surface area contributed by atoms with Crippen LogP contribution >= 0.6 is 11.8 Å².